The summed E-state index contributed by atoms with van der Waals surface area (Å²) in [6, 6.07) is 22.3. The Morgan fingerprint density at radius 2 is 1.79 bits per heavy atom. The smallest absolute Gasteiger partial charge is 0.319 e. The Kier molecular flexibility index (Phi) is 6.90. The highest BCUT2D eigenvalue weighted by Crippen LogP contribution is 2.26. The summed E-state index contributed by atoms with van der Waals surface area (Å²) in [6.07, 6.45) is 0.853. The third-order valence-corrected chi connectivity index (χ3v) is 5.69. The molecule has 5 nitrogen and oxygen atoms in total. The van der Waals surface area contributed by atoms with E-state index in [0.717, 1.165) is 28.0 Å². The first-order valence-corrected chi connectivity index (χ1v) is 11.4. The Bertz CT molecular complexity index is 1190. The molecule has 0 fully saturated rings. The molecule has 0 radical (unpaired) electrons. The molecule has 168 valence electrons. The van der Waals surface area contributed by atoms with Crippen molar-refractivity contribution in [3.8, 4) is 0 Å². The standard InChI is InChI=1S/C27H26ClN3O2/c1-17(2)29-27(33)30-22-12-9-19(10-13-22)26-23-16-21(28)11-8-20(23)15-25(32)24(31-26)14-18-6-4-3-5-7-18/h3-13,16-17,24H,14-15H2,1-2H3,(H2,29,30,33). The highest BCUT2D eigenvalue weighted by Gasteiger charge is 2.26. The molecular formula is C27H26ClN3O2. The summed E-state index contributed by atoms with van der Waals surface area (Å²) in [7, 11) is 0. The highest BCUT2D eigenvalue weighted by molar-refractivity contribution is 6.31. The van der Waals surface area contributed by atoms with Gasteiger partial charge in [0.05, 0.1) is 5.71 Å². The molecule has 0 aromatic heterocycles. The SMILES string of the molecule is CC(C)NC(=O)Nc1ccc(C2=NC(Cc3ccccc3)C(=O)Cc3ccc(Cl)cc32)cc1. The van der Waals surface area contributed by atoms with Crippen LogP contribution in [0.25, 0.3) is 0 Å². The second-order valence-corrected chi connectivity index (χ2v) is 8.89. The zero-order valence-electron chi connectivity index (χ0n) is 18.6. The van der Waals surface area contributed by atoms with Gasteiger partial charge in [0, 0.05) is 40.7 Å². The number of urea groups is 1. The number of aliphatic imine (C=N–C) groups is 1. The fourth-order valence-corrected chi connectivity index (χ4v) is 4.07. The number of Topliss-reactive ketones (excluding diaryl/α,β-unsaturated/α-hetero) is 1. The van der Waals surface area contributed by atoms with Crippen LogP contribution in [0.5, 0.6) is 0 Å². The van der Waals surface area contributed by atoms with Crippen molar-refractivity contribution in [2.24, 2.45) is 4.99 Å². The lowest BCUT2D eigenvalue weighted by Crippen LogP contribution is -2.34. The molecule has 3 aromatic rings. The zero-order valence-corrected chi connectivity index (χ0v) is 19.4. The van der Waals surface area contributed by atoms with Gasteiger partial charge in [-0.1, -0.05) is 60.1 Å². The van der Waals surface area contributed by atoms with Gasteiger partial charge in [-0.05, 0) is 49.2 Å². The van der Waals surface area contributed by atoms with Crippen molar-refractivity contribution < 1.29 is 9.59 Å². The summed E-state index contributed by atoms with van der Waals surface area (Å²) >= 11 is 6.31. The molecule has 0 spiro atoms. The number of anilines is 1. The van der Waals surface area contributed by atoms with E-state index in [9.17, 15) is 9.59 Å². The summed E-state index contributed by atoms with van der Waals surface area (Å²) in [5.41, 5.74) is 5.12. The molecule has 2 amide bonds. The molecule has 1 heterocycles. The first-order valence-electron chi connectivity index (χ1n) is 11.0. The summed E-state index contributed by atoms with van der Waals surface area (Å²) in [4.78, 5) is 30.1. The Morgan fingerprint density at radius 1 is 1.06 bits per heavy atom. The second-order valence-electron chi connectivity index (χ2n) is 8.46. The maximum absolute atomic E-state index is 13.1. The van der Waals surface area contributed by atoms with Crippen molar-refractivity contribution in [1.82, 2.24) is 5.32 Å². The number of carbonyl (C=O) groups is 2. The second kappa shape index (κ2) is 10.0. The molecule has 2 N–H and O–H groups in total. The monoisotopic (exact) mass is 459 g/mol. The van der Waals surface area contributed by atoms with Gasteiger partial charge in [0.1, 0.15) is 6.04 Å². The normalized spacial score (nSPS) is 15.5. The largest absolute Gasteiger partial charge is 0.336 e. The molecule has 0 aliphatic carbocycles. The minimum absolute atomic E-state index is 0.0463. The maximum atomic E-state index is 13.1. The first-order chi connectivity index (χ1) is 15.9. The number of hydrogen-bond acceptors (Lipinski definition) is 3. The van der Waals surface area contributed by atoms with Crippen LogP contribution >= 0.6 is 11.6 Å². The van der Waals surface area contributed by atoms with E-state index in [0.29, 0.717) is 23.6 Å². The quantitative estimate of drug-likeness (QED) is 0.533. The summed E-state index contributed by atoms with van der Waals surface area (Å²) in [5, 5.41) is 6.23. The Labute approximate surface area is 198 Å². The van der Waals surface area contributed by atoms with Gasteiger partial charge in [-0.3, -0.25) is 9.79 Å². The number of amides is 2. The van der Waals surface area contributed by atoms with E-state index in [2.05, 4.69) is 10.6 Å². The van der Waals surface area contributed by atoms with E-state index in [-0.39, 0.29) is 17.9 Å². The van der Waals surface area contributed by atoms with E-state index in [4.69, 9.17) is 16.6 Å². The lowest BCUT2D eigenvalue weighted by atomic mass is 9.95. The van der Waals surface area contributed by atoms with Crippen LogP contribution in [0.15, 0.2) is 77.8 Å². The van der Waals surface area contributed by atoms with Gasteiger partial charge >= 0.3 is 6.03 Å². The first kappa shape index (κ1) is 22.7. The highest BCUT2D eigenvalue weighted by atomic mass is 35.5. The number of rotatable bonds is 5. The zero-order chi connectivity index (χ0) is 23.4. The third kappa shape index (κ3) is 5.68. The van der Waals surface area contributed by atoms with Gasteiger partial charge in [0.15, 0.2) is 5.78 Å². The molecule has 0 saturated heterocycles. The number of hydrogen-bond donors (Lipinski definition) is 2. The van der Waals surface area contributed by atoms with Crippen molar-refractivity contribution in [3.63, 3.8) is 0 Å². The molecular weight excluding hydrogens is 434 g/mol. The van der Waals surface area contributed by atoms with E-state index < -0.39 is 6.04 Å². The summed E-state index contributed by atoms with van der Waals surface area (Å²) < 4.78 is 0. The summed E-state index contributed by atoms with van der Waals surface area (Å²) in [6.45, 7) is 3.81. The van der Waals surface area contributed by atoms with E-state index in [1.807, 2.05) is 86.6 Å². The van der Waals surface area contributed by atoms with Crippen LogP contribution < -0.4 is 10.6 Å². The Hall–Kier alpha value is -3.44. The predicted octanol–water partition coefficient (Wildman–Crippen LogP) is 5.44. The molecule has 0 saturated carbocycles. The minimum atomic E-state index is -0.483. The molecule has 0 bridgehead atoms. The van der Waals surface area contributed by atoms with Crippen LogP contribution in [0.3, 0.4) is 0 Å². The number of nitrogens with one attached hydrogen (secondary N) is 2. The number of halogens is 1. The van der Waals surface area contributed by atoms with Crippen molar-refractivity contribution in [3.05, 3.63) is 100 Å². The van der Waals surface area contributed by atoms with Crippen LogP contribution in [-0.2, 0) is 17.6 Å². The van der Waals surface area contributed by atoms with Crippen LogP contribution in [0.4, 0.5) is 10.5 Å². The average Bonchev–Trinajstić information content (AvgIpc) is 2.91. The maximum Gasteiger partial charge on any atom is 0.319 e. The number of benzene rings is 3. The topological polar surface area (TPSA) is 70.6 Å². The third-order valence-electron chi connectivity index (χ3n) is 5.46. The van der Waals surface area contributed by atoms with E-state index in [1.54, 1.807) is 0 Å². The molecule has 1 atom stereocenters. The fourth-order valence-electron chi connectivity index (χ4n) is 3.89. The Balaban J connectivity index is 1.69. The van der Waals surface area contributed by atoms with Gasteiger partial charge in [-0.25, -0.2) is 4.79 Å². The van der Waals surface area contributed by atoms with Crippen LogP contribution in [0, 0.1) is 0 Å². The molecule has 1 aliphatic rings. The molecule has 4 rings (SSSR count). The van der Waals surface area contributed by atoms with E-state index in [1.165, 1.54) is 0 Å². The molecule has 3 aromatic carbocycles. The van der Waals surface area contributed by atoms with Crippen LogP contribution in [0.1, 0.15) is 36.1 Å². The van der Waals surface area contributed by atoms with Crippen molar-refractivity contribution in [2.45, 2.75) is 38.8 Å². The van der Waals surface area contributed by atoms with E-state index >= 15 is 0 Å². The molecule has 1 aliphatic heterocycles. The predicted molar refractivity (Wildman–Crippen MR) is 133 cm³/mol. The van der Waals surface area contributed by atoms with Gasteiger partial charge in [0.2, 0.25) is 0 Å². The lowest BCUT2D eigenvalue weighted by Gasteiger charge is -2.13. The Morgan fingerprint density at radius 3 is 2.48 bits per heavy atom. The lowest BCUT2D eigenvalue weighted by molar-refractivity contribution is -0.119. The van der Waals surface area contributed by atoms with Crippen molar-refractivity contribution in [2.75, 3.05) is 5.32 Å². The molecule has 6 heteroatoms. The number of nitrogens with zero attached hydrogens (tertiary/aromatic N) is 1. The van der Waals surface area contributed by atoms with Gasteiger partial charge in [-0.2, -0.15) is 0 Å². The van der Waals surface area contributed by atoms with Gasteiger partial charge in [-0.15, -0.1) is 0 Å². The molecule has 33 heavy (non-hydrogen) atoms. The van der Waals surface area contributed by atoms with Crippen molar-refractivity contribution >= 4 is 34.8 Å². The average molecular weight is 460 g/mol. The summed E-state index contributed by atoms with van der Waals surface area (Å²) in [5.74, 6) is 0.0843. The van der Waals surface area contributed by atoms with Crippen molar-refractivity contribution in [1.29, 1.82) is 0 Å². The van der Waals surface area contributed by atoms with Gasteiger partial charge in [0.25, 0.3) is 0 Å². The number of fused-ring (bicyclic) bond motifs is 1. The molecule has 1 unspecified atom stereocenters. The van der Waals surface area contributed by atoms with Crippen LogP contribution in [0.2, 0.25) is 5.02 Å². The minimum Gasteiger partial charge on any atom is -0.336 e. The fraction of sp³-hybridized carbons (Fsp3) is 0.222. The number of ketones is 1. The van der Waals surface area contributed by atoms with Crippen LogP contribution in [-0.4, -0.2) is 29.6 Å². The van der Waals surface area contributed by atoms with Gasteiger partial charge < -0.3 is 10.6 Å². The number of carbonyl (C=O) groups excluding carboxylic acids is 2.